The number of H-pyrrole nitrogens is 1. The molecule has 2 heterocycles. The predicted molar refractivity (Wildman–Crippen MR) is 107 cm³/mol. The van der Waals surface area contributed by atoms with Crippen molar-refractivity contribution < 1.29 is 9.13 Å². The fourth-order valence-corrected chi connectivity index (χ4v) is 3.26. The fraction of sp³-hybridized carbons (Fsp3) is 0.350. The number of anilines is 1. The summed E-state index contributed by atoms with van der Waals surface area (Å²) in [6.45, 7) is 4.81. The quantitative estimate of drug-likeness (QED) is 0.660. The Kier molecular flexibility index (Phi) is 6.62. The lowest BCUT2D eigenvalue weighted by Crippen LogP contribution is -2.26. The van der Waals surface area contributed by atoms with E-state index in [-0.39, 0.29) is 24.3 Å². The van der Waals surface area contributed by atoms with Gasteiger partial charge in [-0.1, -0.05) is 0 Å². The van der Waals surface area contributed by atoms with Crippen molar-refractivity contribution in [3.8, 4) is 0 Å². The van der Waals surface area contributed by atoms with Crippen LogP contribution < -0.4 is 4.90 Å². The molecule has 1 unspecified atom stereocenters. The van der Waals surface area contributed by atoms with E-state index in [0.29, 0.717) is 6.61 Å². The number of fused-ring (bicyclic) bond motifs is 1. The van der Waals surface area contributed by atoms with Crippen LogP contribution in [0, 0.1) is 19.7 Å². The van der Waals surface area contributed by atoms with Gasteiger partial charge in [0.05, 0.1) is 17.3 Å². The molecule has 4 nitrogen and oxygen atoms in total. The Morgan fingerprint density at radius 1 is 1.19 bits per heavy atom. The summed E-state index contributed by atoms with van der Waals surface area (Å²) in [6, 6.07) is 8.61. The van der Waals surface area contributed by atoms with Crippen LogP contribution in [0.15, 0.2) is 36.5 Å². The van der Waals surface area contributed by atoms with Crippen molar-refractivity contribution in [2.75, 3.05) is 25.7 Å². The SMILES string of the molecule is COCCC(c1nccc2c(C)c(C)[nH]c12)N(C)c1ccc(F)cc1.Cl. The number of rotatable bonds is 6. The van der Waals surface area contributed by atoms with Crippen molar-refractivity contribution >= 4 is 29.0 Å². The summed E-state index contributed by atoms with van der Waals surface area (Å²) in [5, 5.41) is 1.19. The number of nitrogens with zero attached hydrogens (tertiary/aromatic N) is 2. The van der Waals surface area contributed by atoms with Gasteiger partial charge in [-0.25, -0.2) is 4.39 Å². The minimum Gasteiger partial charge on any atom is -0.385 e. The number of hydrogen-bond donors (Lipinski definition) is 1. The van der Waals surface area contributed by atoms with Crippen molar-refractivity contribution in [3.63, 3.8) is 0 Å². The molecular formula is C20H25ClFN3O. The van der Waals surface area contributed by atoms with Crippen LogP contribution in [0.5, 0.6) is 0 Å². The minimum atomic E-state index is -0.235. The molecule has 0 aliphatic heterocycles. The van der Waals surface area contributed by atoms with Crippen molar-refractivity contribution in [3.05, 3.63) is 59.3 Å². The molecule has 0 aliphatic carbocycles. The summed E-state index contributed by atoms with van der Waals surface area (Å²) in [5.41, 5.74) is 5.39. The monoisotopic (exact) mass is 377 g/mol. The van der Waals surface area contributed by atoms with Gasteiger partial charge < -0.3 is 14.6 Å². The van der Waals surface area contributed by atoms with E-state index in [1.165, 1.54) is 23.1 Å². The second kappa shape index (κ2) is 8.52. The number of aryl methyl sites for hydroxylation is 2. The lowest BCUT2D eigenvalue weighted by atomic mass is 10.0. The highest BCUT2D eigenvalue weighted by atomic mass is 35.5. The number of benzene rings is 1. The van der Waals surface area contributed by atoms with Crippen molar-refractivity contribution in [1.82, 2.24) is 9.97 Å². The maximum atomic E-state index is 13.3. The van der Waals surface area contributed by atoms with Gasteiger partial charge in [-0.3, -0.25) is 4.98 Å². The van der Waals surface area contributed by atoms with Gasteiger partial charge in [0.25, 0.3) is 0 Å². The third-order valence-corrected chi connectivity index (χ3v) is 4.87. The van der Waals surface area contributed by atoms with E-state index < -0.39 is 0 Å². The lowest BCUT2D eigenvalue weighted by Gasteiger charge is -2.30. The van der Waals surface area contributed by atoms with E-state index in [9.17, 15) is 4.39 Å². The van der Waals surface area contributed by atoms with Gasteiger partial charge >= 0.3 is 0 Å². The first-order valence-corrected chi connectivity index (χ1v) is 8.44. The summed E-state index contributed by atoms with van der Waals surface area (Å²) in [7, 11) is 3.71. The molecule has 1 aromatic carbocycles. The molecule has 140 valence electrons. The summed E-state index contributed by atoms with van der Waals surface area (Å²) in [5.74, 6) is -0.235. The summed E-state index contributed by atoms with van der Waals surface area (Å²) in [6.07, 6.45) is 2.64. The molecule has 0 amide bonds. The first-order chi connectivity index (χ1) is 12.0. The van der Waals surface area contributed by atoms with Gasteiger partial charge in [0.2, 0.25) is 0 Å². The Morgan fingerprint density at radius 2 is 1.88 bits per heavy atom. The molecule has 0 bridgehead atoms. The second-order valence-corrected chi connectivity index (χ2v) is 6.38. The molecule has 0 saturated carbocycles. The molecule has 2 aromatic heterocycles. The van der Waals surface area contributed by atoms with Crippen LogP contribution in [0.25, 0.3) is 10.9 Å². The van der Waals surface area contributed by atoms with Crippen molar-refractivity contribution in [2.24, 2.45) is 0 Å². The third kappa shape index (κ3) is 3.84. The second-order valence-electron chi connectivity index (χ2n) is 6.38. The highest BCUT2D eigenvalue weighted by Gasteiger charge is 2.23. The maximum Gasteiger partial charge on any atom is 0.123 e. The number of nitrogens with one attached hydrogen (secondary N) is 1. The number of aromatic nitrogens is 2. The molecule has 0 radical (unpaired) electrons. The van der Waals surface area contributed by atoms with Gasteiger partial charge in [-0.05, 0) is 56.2 Å². The fourth-order valence-electron chi connectivity index (χ4n) is 3.26. The van der Waals surface area contributed by atoms with E-state index in [2.05, 4.69) is 28.7 Å². The van der Waals surface area contributed by atoms with Gasteiger partial charge in [0.1, 0.15) is 5.82 Å². The Bertz CT molecular complexity index is 863. The van der Waals surface area contributed by atoms with Crippen LogP contribution in [0.4, 0.5) is 10.1 Å². The zero-order valence-electron chi connectivity index (χ0n) is 15.5. The molecule has 0 fully saturated rings. The number of aromatic amines is 1. The smallest absolute Gasteiger partial charge is 0.123 e. The highest BCUT2D eigenvalue weighted by molar-refractivity contribution is 5.86. The Labute approximate surface area is 159 Å². The van der Waals surface area contributed by atoms with Crippen LogP contribution in [-0.2, 0) is 4.74 Å². The Hall–Kier alpha value is -2.11. The standard InChI is InChI=1S/C20H24FN3O.ClH/c1-13-14(2)23-19-17(13)9-11-22-20(19)18(10-12-25-4)24(3)16-7-5-15(21)6-8-16;/h5-9,11,18,23H,10,12H2,1-4H3;1H. The van der Waals surface area contributed by atoms with Crippen LogP contribution in [0.1, 0.15) is 29.4 Å². The summed E-state index contributed by atoms with van der Waals surface area (Å²) in [4.78, 5) is 10.3. The number of hydrogen-bond acceptors (Lipinski definition) is 3. The van der Waals surface area contributed by atoms with Gasteiger partial charge in [-0.15, -0.1) is 12.4 Å². The third-order valence-electron chi connectivity index (χ3n) is 4.87. The molecule has 26 heavy (non-hydrogen) atoms. The predicted octanol–water partition coefficient (Wildman–Crippen LogP) is 4.95. The van der Waals surface area contributed by atoms with Crippen LogP contribution in [0.3, 0.4) is 0 Å². The average molecular weight is 378 g/mol. The van der Waals surface area contributed by atoms with Crippen molar-refractivity contribution in [1.29, 1.82) is 0 Å². The van der Waals surface area contributed by atoms with E-state index >= 15 is 0 Å². The van der Waals surface area contributed by atoms with E-state index in [4.69, 9.17) is 4.74 Å². The molecule has 3 rings (SSSR count). The van der Waals surface area contributed by atoms with Gasteiger partial charge in [-0.2, -0.15) is 0 Å². The molecule has 1 N–H and O–H groups in total. The molecule has 1 atom stereocenters. The number of pyridine rings is 1. The lowest BCUT2D eigenvalue weighted by molar-refractivity contribution is 0.187. The first-order valence-electron chi connectivity index (χ1n) is 8.44. The van der Waals surface area contributed by atoms with Crippen molar-refractivity contribution in [2.45, 2.75) is 26.3 Å². The van der Waals surface area contributed by atoms with E-state index in [0.717, 1.165) is 29.0 Å². The average Bonchev–Trinajstić information content (AvgIpc) is 2.91. The highest BCUT2D eigenvalue weighted by Crippen LogP contribution is 2.33. The van der Waals surface area contributed by atoms with Crippen LogP contribution >= 0.6 is 12.4 Å². The summed E-state index contributed by atoms with van der Waals surface area (Å²) >= 11 is 0. The molecular weight excluding hydrogens is 353 g/mol. The Balaban J connectivity index is 0.00000243. The number of halogens is 2. The zero-order chi connectivity index (χ0) is 18.0. The Morgan fingerprint density at radius 3 is 2.54 bits per heavy atom. The van der Waals surface area contributed by atoms with E-state index in [1.807, 2.05) is 19.3 Å². The maximum absolute atomic E-state index is 13.3. The zero-order valence-corrected chi connectivity index (χ0v) is 16.4. The molecule has 0 saturated heterocycles. The molecule has 6 heteroatoms. The normalized spacial score (nSPS) is 12.0. The topological polar surface area (TPSA) is 41.1 Å². The van der Waals surface area contributed by atoms with E-state index in [1.54, 1.807) is 19.2 Å². The van der Waals surface area contributed by atoms with Crippen LogP contribution in [0.2, 0.25) is 0 Å². The van der Waals surface area contributed by atoms with Gasteiger partial charge in [0, 0.05) is 43.7 Å². The number of methoxy groups -OCH3 is 1. The minimum absolute atomic E-state index is 0. The molecule has 0 aliphatic rings. The van der Waals surface area contributed by atoms with Crippen LogP contribution in [-0.4, -0.2) is 30.7 Å². The summed E-state index contributed by atoms with van der Waals surface area (Å²) < 4.78 is 18.6. The molecule has 3 aromatic rings. The molecule has 0 spiro atoms. The first kappa shape index (κ1) is 20.2. The number of ether oxygens (including phenoxy) is 1. The largest absolute Gasteiger partial charge is 0.385 e. The van der Waals surface area contributed by atoms with Gasteiger partial charge in [0.15, 0.2) is 0 Å².